The van der Waals surface area contributed by atoms with Crippen molar-refractivity contribution in [2.75, 3.05) is 7.05 Å². The highest BCUT2D eigenvalue weighted by molar-refractivity contribution is 7.11. The number of rotatable bonds is 4. The van der Waals surface area contributed by atoms with Gasteiger partial charge in [-0.3, -0.25) is 4.98 Å². The van der Waals surface area contributed by atoms with Gasteiger partial charge in [-0.15, -0.1) is 11.3 Å². The number of nitrogens with zero attached hydrogens (tertiary/aromatic N) is 2. The molecule has 0 radical (unpaired) electrons. The summed E-state index contributed by atoms with van der Waals surface area (Å²) in [6, 6.07) is 3.54. The Morgan fingerprint density at radius 2 is 1.95 bits per heavy atom. The Kier molecular flexibility index (Phi) is 4.16. The van der Waals surface area contributed by atoms with Crippen LogP contribution in [0.4, 0.5) is 13.2 Å². The minimum Gasteiger partial charge on any atom is -0.315 e. The van der Waals surface area contributed by atoms with Crippen LogP contribution in [0, 0.1) is 0 Å². The average Bonchev–Trinajstić information content (AvgIpc) is 2.74. The van der Waals surface area contributed by atoms with Gasteiger partial charge >= 0.3 is 6.18 Å². The van der Waals surface area contributed by atoms with Crippen LogP contribution in [0.1, 0.15) is 21.1 Å². The van der Waals surface area contributed by atoms with Crippen LogP contribution in [0.3, 0.4) is 0 Å². The fourth-order valence-corrected chi connectivity index (χ4v) is 2.79. The highest BCUT2D eigenvalue weighted by Crippen LogP contribution is 2.34. The number of hydrogen-bond donors (Lipinski definition) is 1. The number of aromatic nitrogens is 2. The number of hydrogen-bond acceptors (Lipinski definition) is 4. The van der Waals surface area contributed by atoms with Crippen molar-refractivity contribution in [3.63, 3.8) is 0 Å². The molecule has 0 amide bonds. The molecule has 7 heteroatoms. The molecule has 3 nitrogen and oxygen atoms in total. The predicted octanol–water partition coefficient (Wildman–Crippen LogP) is 2.87. The van der Waals surface area contributed by atoms with Gasteiger partial charge in [-0.1, -0.05) is 0 Å². The first-order chi connectivity index (χ1) is 9.00. The highest BCUT2D eigenvalue weighted by Gasteiger charge is 2.37. The first kappa shape index (κ1) is 14.0. The van der Waals surface area contributed by atoms with Crippen LogP contribution < -0.4 is 5.32 Å². The Morgan fingerprint density at radius 3 is 2.53 bits per heavy atom. The zero-order valence-electron chi connectivity index (χ0n) is 10.2. The zero-order valence-corrected chi connectivity index (χ0v) is 11.0. The van der Waals surface area contributed by atoms with Crippen LogP contribution in [-0.2, 0) is 19.1 Å². The molecule has 0 fully saturated rings. The van der Waals surface area contributed by atoms with Crippen molar-refractivity contribution < 1.29 is 13.2 Å². The zero-order chi connectivity index (χ0) is 13.9. The highest BCUT2D eigenvalue weighted by atomic mass is 32.1. The maximum atomic E-state index is 12.8. The molecule has 102 valence electrons. The van der Waals surface area contributed by atoms with E-state index in [9.17, 15) is 13.2 Å². The Hall–Kier alpha value is -1.47. The summed E-state index contributed by atoms with van der Waals surface area (Å²) in [5.74, 6) is 0. The smallest absolute Gasteiger partial charge is 0.315 e. The van der Waals surface area contributed by atoms with Gasteiger partial charge in [-0.05, 0) is 24.7 Å². The molecule has 0 saturated heterocycles. The largest absolute Gasteiger partial charge is 0.434 e. The van der Waals surface area contributed by atoms with E-state index in [1.54, 1.807) is 31.6 Å². The van der Waals surface area contributed by atoms with Crippen LogP contribution in [-0.4, -0.2) is 17.0 Å². The van der Waals surface area contributed by atoms with E-state index < -0.39 is 11.9 Å². The lowest BCUT2D eigenvalue weighted by Gasteiger charge is -2.04. The molecule has 2 rings (SSSR count). The summed E-state index contributed by atoms with van der Waals surface area (Å²) in [7, 11) is 1.61. The van der Waals surface area contributed by atoms with Crippen molar-refractivity contribution in [3.05, 3.63) is 45.7 Å². The van der Waals surface area contributed by atoms with Gasteiger partial charge in [0.15, 0.2) is 5.69 Å². The predicted molar refractivity (Wildman–Crippen MR) is 66.9 cm³/mol. The number of pyridine rings is 1. The van der Waals surface area contributed by atoms with Crippen molar-refractivity contribution >= 4 is 11.3 Å². The van der Waals surface area contributed by atoms with Crippen LogP contribution in [0.15, 0.2) is 24.5 Å². The van der Waals surface area contributed by atoms with Crippen LogP contribution >= 0.6 is 11.3 Å². The molecular formula is C12H12F3N3S. The summed E-state index contributed by atoms with van der Waals surface area (Å²) >= 11 is 1.09. The lowest BCUT2D eigenvalue weighted by atomic mass is 10.2. The molecule has 0 spiro atoms. The van der Waals surface area contributed by atoms with Crippen LogP contribution in [0.5, 0.6) is 0 Å². The van der Waals surface area contributed by atoms with Gasteiger partial charge in [-0.25, -0.2) is 4.98 Å². The fraction of sp³-hybridized carbons (Fsp3) is 0.333. The third-order valence-electron chi connectivity index (χ3n) is 2.45. The fourth-order valence-electron chi connectivity index (χ4n) is 1.65. The minimum absolute atomic E-state index is 0.169. The summed E-state index contributed by atoms with van der Waals surface area (Å²) in [5.41, 5.74) is 0.115. The van der Waals surface area contributed by atoms with Crippen molar-refractivity contribution in [3.8, 4) is 0 Å². The van der Waals surface area contributed by atoms with Crippen molar-refractivity contribution in [2.45, 2.75) is 19.1 Å². The third-order valence-corrected chi connectivity index (χ3v) is 3.51. The van der Waals surface area contributed by atoms with Gasteiger partial charge in [-0.2, -0.15) is 13.2 Å². The Morgan fingerprint density at radius 1 is 1.26 bits per heavy atom. The molecule has 2 aromatic heterocycles. The van der Waals surface area contributed by atoms with E-state index in [2.05, 4.69) is 15.3 Å². The second kappa shape index (κ2) is 5.66. The van der Waals surface area contributed by atoms with E-state index in [-0.39, 0.29) is 11.4 Å². The molecule has 0 saturated carbocycles. The molecule has 0 aliphatic rings. The van der Waals surface area contributed by atoms with Gasteiger partial charge < -0.3 is 5.32 Å². The molecule has 0 aromatic carbocycles. The molecule has 1 N–H and O–H groups in total. The Balaban J connectivity index is 2.27. The van der Waals surface area contributed by atoms with Gasteiger partial charge in [0.2, 0.25) is 0 Å². The van der Waals surface area contributed by atoms with Crippen molar-refractivity contribution in [1.29, 1.82) is 0 Å². The van der Waals surface area contributed by atoms with E-state index in [0.29, 0.717) is 11.4 Å². The molecule has 2 heterocycles. The van der Waals surface area contributed by atoms with E-state index in [0.717, 1.165) is 16.9 Å². The normalized spacial score (nSPS) is 11.8. The Labute approximate surface area is 112 Å². The second-order valence-corrected chi connectivity index (χ2v) is 5.11. The maximum absolute atomic E-state index is 12.8. The number of nitrogens with one attached hydrogen (secondary N) is 1. The molecule has 0 atom stereocenters. The standard InChI is InChI=1S/C12H12F3N3S/c1-16-7-9-11(12(13,14)15)18-10(19-9)6-8-2-4-17-5-3-8/h2-5,16H,6-7H2,1H3. The van der Waals surface area contributed by atoms with E-state index in [1.807, 2.05) is 0 Å². The SMILES string of the molecule is CNCc1sc(Cc2ccncc2)nc1C(F)(F)F. The molecule has 0 bridgehead atoms. The quantitative estimate of drug-likeness (QED) is 0.939. The summed E-state index contributed by atoms with van der Waals surface area (Å²) in [4.78, 5) is 7.82. The van der Waals surface area contributed by atoms with Gasteiger partial charge in [0.25, 0.3) is 0 Å². The summed E-state index contributed by atoms with van der Waals surface area (Å²) in [6.07, 6.45) is -0.788. The van der Waals surface area contributed by atoms with E-state index in [4.69, 9.17) is 0 Å². The number of alkyl halides is 3. The van der Waals surface area contributed by atoms with Gasteiger partial charge in [0, 0.05) is 25.4 Å². The van der Waals surface area contributed by atoms with Crippen molar-refractivity contribution in [2.24, 2.45) is 0 Å². The number of halogens is 3. The van der Waals surface area contributed by atoms with Crippen LogP contribution in [0.2, 0.25) is 0 Å². The summed E-state index contributed by atoms with van der Waals surface area (Å²) < 4.78 is 38.5. The van der Waals surface area contributed by atoms with Crippen molar-refractivity contribution in [1.82, 2.24) is 15.3 Å². The summed E-state index contributed by atoms with van der Waals surface area (Å²) in [6.45, 7) is 0.169. The van der Waals surface area contributed by atoms with Crippen LogP contribution in [0.25, 0.3) is 0 Å². The third kappa shape index (κ3) is 3.51. The first-order valence-corrected chi connectivity index (χ1v) is 6.41. The molecule has 0 aliphatic heterocycles. The number of thiazole rings is 1. The lowest BCUT2D eigenvalue weighted by molar-refractivity contribution is -0.141. The minimum atomic E-state index is -4.40. The average molecular weight is 287 g/mol. The molecular weight excluding hydrogens is 275 g/mol. The first-order valence-electron chi connectivity index (χ1n) is 5.60. The van der Waals surface area contributed by atoms with E-state index in [1.165, 1.54) is 0 Å². The maximum Gasteiger partial charge on any atom is 0.434 e. The summed E-state index contributed by atoms with van der Waals surface area (Å²) in [5, 5.41) is 3.20. The topological polar surface area (TPSA) is 37.8 Å². The lowest BCUT2D eigenvalue weighted by Crippen LogP contribution is -2.12. The molecule has 19 heavy (non-hydrogen) atoms. The van der Waals surface area contributed by atoms with Gasteiger partial charge in [0.05, 0.1) is 9.88 Å². The molecule has 2 aromatic rings. The second-order valence-electron chi connectivity index (χ2n) is 3.94. The molecule has 0 unspecified atom stereocenters. The van der Waals surface area contributed by atoms with E-state index >= 15 is 0 Å². The Bertz CT molecular complexity index is 537. The monoisotopic (exact) mass is 287 g/mol. The molecule has 0 aliphatic carbocycles. The van der Waals surface area contributed by atoms with Gasteiger partial charge in [0.1, 0.15) is 0 Å².